The highest BCUT2D eigenvalue weighted by atomic mass is 16.1. The van der Waals surface area contributed by atoms with Crippen molar-refractivity contribution in [2.24, 2.45) is 5.10 Å². The number of aryl methyl sites for hydroxylation is 1. The lowest BCUT2D eigenvalue weighted by atomic mass is 10.1. The fraction of sp³-hybridized carbons (Fsp3) is 0.167. The number of carbonyl (C=O) groups excluding carboxylic acids is 1. The molecule has 0 aliphatic rings. The van der Waals surface area contributed by atoms with Crippen LogP contribution in [-0.4, -0.2) is 18.7 Å². The van der Waals surface area contributed by atoms with E-state index in [2.05, 4.69) is 15.8 Å². The van der Waals surface area contributed by atoms with Gasteiger partial charge in [-0.2, -0.15) is 15.6 Å². The molecule has 2 N–H and O–H groups in total. The second-order valence-electron chi connectivity index (χ2n) is 3.40. The zero-order chi connectivity index (χ0) is 13.5. The van der Waals surface area contributed by atoms with Crippen molar-refractivity contribution in [2.45, 2.75) is 6.92 Å². The second kappa shape index (κ2) is 6.02. The van der Waals surface area contributed by atoms with E-state index in [1.807, 2.05) is 6.92 Å². The lowest BCUT2D eigenvalue weighted by Gasteiger charge is -2.07. The lowest BCUT2D eigenvalue weighted by molar-refractivity contribution is 0.0963. The van der Waals surface area contributed by atoms with Gasteiger partial charge in [-0.1, -0.05) is 6.07 Å². The summed E-state index contributed by atoms with van der Waals surface area (Å²) in [6.07, 6.45) is 0. The van der Waals surface area contributed by atoms with Gasteiger partial charge in [0.05, 0.1) is 5.69 Å². The van der Waals surface area contributed by atoms with Crippen molar-refractivity contribution in [3.05, 3.63) is 29.3 Å². The monoisotopic (exact) mass is 241 g/mol. The van der Waals surface area contributed by atoms with Crippen molar-refractivity contribution in [3.63, 3.8) is 0 Å². The van der Waals surface area contributed by atoms with E-state index in [9.17, 15) is 4.79 Å². The van der Waals surface area contributed by atoms with E-state index >= 15 is 0 Å². The minimum Gasteiger partial charge on any atom is -0.355 e. The maximum atomic E-state index is 11.4. The third kappa shape index (κ3) is 3.06. The summed E-state index contributed by atoms with van der Waals surface area (Å²) in [7, 11) is 1.54. The molecule has 90 valence electrons. The van der Waals surface area contributed by atoms with E-state index < -0.39 is 0 Å². The maximum Gasteiger partial charge on any atom is 0.251 e. The number of rotatable bonds is 3. The maximum absolute atomic E-state index is 11.4. The number of hydrogen-bond donors (Lipinski definition) is 2. The molecule has 1 rings (SSSR count). The third-order valence-electron chi connectivity index (χ3n) is 2.23. The van der Waals surface area contributed by atoms with Gasteiger partial charge < -0.3 is 5.32 Å². The van der Waals surface area contributed by atoms with Crippen LogP contribution in [0.25, 0.3) is 0 Å². The molecule has 1 aromatic rings. The fourth-order valence-corrected chi connectivity index (χ4v) is 1.22. The molecule has 0 atom stereocenters. The average molecular weight is 241 g/mol. The predicted octanol–water partition coefficient (Wildman–Crippen LogP) is 1.17. The molecule has 0 spiro atoms. The van der Waals surface area contributed by atoms with E-state index in [4.69, 9.17) is 10.5 Å². The molecule has 0 radical (unpaired) electrons. The van der Waals surface area contributed by atoms with Crippen LogP contribution in [0.1, 0.15) is 15.9 Å². The quantitative estimate of drug-likeness (QED) is 0.612. The van der Waals surface area contributed by atoms with E-state index in [1.54, 1.807) is 30.3 Å². The van der Waals surface area contributed by atoms with Crippen LogP contribution in [0.4, 0.5) is 5.69 Å². The van der Waals surface area contributed by atoms with Crippen LogP contribution in [0.3, 0.4) is 0 Å². The van der Waals surface area contributed by atoms with Crippen LogP contribution >= 0.6 is 0 Å². The fourth-order valence-electron chi connectivity index (χ4n) is 1.22. The van der Waals surface area contributed by atoms with Gasteiger partial charge in [0, 0.05) is 12.6 Å². The van der Waals surface area contributed by atoms with Crippen LogP contribution in [0, 0.1) is 29.6 Å². The van der Waals surface area contributed by atoms with Crippen molar-refractivity contribution in [2.75, 3.05) is 12.5 Å². The topological polar surface area (TPSA) is 101 Å². The van der Waals surface area contributed by atoms with Gasteiger partial charge in [0.1, 0.15) is 12.1 Å². The summed E-state index contributed by atoms with van der Waals surface area (Å²) < 4.78 is 0. The zero-order valence-corrected chi connectivity index (χ0v) is 9.98. The molecular formula is C12H11N5O. The van der Waals surface area contributed by atoms with Crippen molar-refractivity contribution >= 4 is 17.3 Å². The number of hydrazone groups is 1. The molecule has 1 amide bonds. The van der Waals surface area contributed by atoms with Gasteiger partial charge in [0.2, 0.25) is 5.71 Å². The SMILES string of the molecule is CNC(=O)c1ccc(C)c(NN=C(C#N)C#N)c1. The molecule has 0 unspecified atom stereocenters. The van der Waals surface area contributed by atoms with E-state index in [0.29, 0.717) is 11.3 Å². The van der Waals surface area contributed by atoms with Gasteiger partial charge in [0.15, 0.2) is 0 Å². The van der Waals surface area contributed by atoms with E-state index in [0.717, 1.165) is 5.56 Å². The summed E-state index contributed by atoms with van der Waals surface area (Å²) in [4.78, 5) is 11.4. The van der Waals surface area contributed by atoms with Crippen molar-refractivity contribution < 1.29 is 4.79 Å². The Bertz CT molecular complexity index is 561. The third-order valence-corrected chi connectivity index (χ3v) is 2.23. The molecule has 6 heteroatoms. The minimum atomic E-state index is -0.278. The molecule has 0 fully saturated rings. The van der Waals surface area contributed by atoms with Crippen LogP contribution in [0.5, 0.6) is 0 Å². The highest BCUT2D eigenvalue weighted by Crippen LogP contribution is 2.16. The molecule has 6 nitrogen and oxygen atoms in total. The molecule has 18 heavy (non-hydrogen) atoms. The molecule has 0 saturated heterocycles. The summed E-state index contributed by atoms with van der Waals surface area (Å²) >= 11 is 0. The number of benzene rings is 1. The average Bonchev–Trinajstić information content (AvgIpc) is 2.40. The van der Waals surface area contributed by atoms with E-state index in [-0.39, 0.29) is 11.6 Å². The van der Waals surface area contributed by atoms with Crippen LogP contribution in [0.2, 0.25) is 0 Å². The Labute approximate surface area is 105 Å². The number of hydrogen-bond acceptors (Lipinski definition) is 5. The van der Waals surface area contributed by atoms with E-state index in [1.165, 1.54) is 7.05 Å². The summed E-state index contributed by atoms with van der Waals surface area (Å²) in [6, 6.07) is 8.31. The number of anilines is 1. The number of amides is 1. The molecule has 0 saturated carbocycles. The van der Waals surface area contributed by atoms with Gasteiger partial charge in [-0.3, -0.25) is 10.2 Å². The molecule has 0 aliphatic carbocycles. The Morgan fingerprint density at radius 1 is 1.33 bits per heavy atom. The Morgan fingerprint density at radius 3 is 2.56 bits per heavy atom. The Balaban J connectivity index is 3.03. The standard InChI is InChI=1S/C12H11N5O/c1-8-3-4-9(12(18)15-2)5-11(8)17-16-10(6-13)7-14/h3-5,17H,1-2H3,(H,15,18). The number of nitrogens with zero attached hydrogens (tertiary/aromatic N) is 3. The summed E-state index contributed by atoms with van der Waals surface area (Å²) in [6.45, 7) is 1.82. The van der Waals surface area contributed by atoms with Gasteiger partial charge in [0.25, 0.3) is 5.91 Å². The summed E-state index contributed by atoms with van der Waals surface area (Å²) in [5.41, 5.74) is 4.21. The zero-order valence-electron chi connectivity index (χ0n) is 9.98. The Kier molecular flexibility index (Phi) is 4.42. The minimum absolute atomic E-state index is 0.220. The van der Waals surface area contributed by atoms with Crippen LogP contribution in [0.15, 0.2) is 23.3 Å². The summed E-state index contributed by atoms with van der Waals surface area (Å²) in [5.74, 6) is -0.220. The van der Waals surface area contributed by atoms with Crippen LogP contribution < -0.4 is 10.7 Å². The molecule has 0 heterocycles. The van der Waals surface area contributed by atoms with Crippen LogP contribution in [-0.2, 0) is 0 Å². The van der Waals surface area contributed by atoms with Gasteiger partial charge in [-0.15, -0.1) is 0 Å². The second-order valence-corrected chi connectivity index (χ2v) is 3.40. The number of carbonyl (C=O) groups is 1. The first kappa shape index (κ1) is 13.2. The van der Waals surface area contributed by atoms with Gasteiger partial charge >= 0.3 is 0 Å². The smallest absolute Gasteiger partial charge is 0.251 e. The number of nitriles is 2. The normalized spacial score (nSPS) is 8.67. The lowest BCUT2D eigenvalue weighted by Crippen LogP contribution is -2.17. The summed E-state index contributed by atoms with van der Waals surface area (Å²) in [5, 5.41) is 23.2. The van der Waals surface area contributed by atoms with Crippen molar-refractivity contribution in [1.29, 1.82) is 10.5 Å². The first-order chi connectivity index (χ1) is 8.62. The molecule has 1 aromatic carbocycles. The molecule has 0 bridgehead atoms. The highest BCUT2D eigenvalue weighted by Gasteiger charge is 2.06. The highest BCUT2D eigenvalue weighted by molar-refractivity contribution is 6.10. The Hall–Kier alpha value is -2.86. The van der Waals surface area contributed by atoms with Crippen molar-refractivity contribution in [3.8, 4) is 12.1 Å². The van der Waals surface area contributed by atoms with Crippen molar-refractivity contribution in [1.82, 2.24) is 5.32 Å². The molecule has 0 aliphatic heterocycles. The largest absolute Gasteiger partial charge is 0.355 e. The number of nitrogens with one attached hydrogen (secondary N) is 2. The molecular weight excluding hydrogens is 230 g/mol. The first-order valence-electron chi connectivity index (χ1n) is 5.09. The predicted molar refractivity (Wildman–Crippen MR) is 66.9 cm³/mol. The van der Waals surface area contributed by atoms with Gasteiger partial charge in [-0.25, -0.2) is 0 Å². The molecule has 0 aromatic heterocycles. The Morgan fingerprint density at radius 2 is 2.00 bits per heavy atom. The van der Waals surface area contributed by atoms with Gasteiger partial charge in [-0.05, 0) is 24.6 Å². The first-order valence-corrected chi connectivity index (χ1v) is 5.09.